The van der Waals surface area contributed by atoms with Crippen LogP contribution in [0.3, 0.4) is 0 Å². The number of alkyl halides is 1. The third kappa shape index (κ3) is 1.48. The molecular weight excluding hydrogens is 356 g/mol. The number of carbonyl (C=O) groups excluding carboxylic acids is 2. The van der Waals surface area contributed by atoms with E-state index in [0.29, 0.717) is 0 Å². The summed E-state index contributed by atoms with van der Waals surface area (Å²) in [6.45, 7) is 0. The average molecular weight is 377 g/mol. The molecule has 3 fully saturated rings. The summed E-state index contributed by atoms with van der Waals surface area (Å²) in [6, 6.07) is 0. The molecule has 2 aliphatic carbocycles. The lowest BCUT2D eigenvalue weighted by Gasteiger charge is -2.39. The molecule has 0 unspecified atom stereocenters. The van der Waals surface area contributed by atoms with Crippen LogP contribution in [0.25, 0.3) is 0 Å². The molecule has 4 atom stereocenters. The van der Waals surface area contributed by atoms with Gasteiger partial charge in [-0.1, -0.05) is 35.2 Å². The number of carbonyl (C=O) groups is 2. The highest BCUT2D eigenvalue weighted by Crippen LogP contribution is 2.69. The zero-order valence-corrected chi connectivity index (χ0v) is 14.6. The molecule has 0 aromatic rings. The van der Waals surface area contributed by atoms with Gasteiger partial charge in [-0.15, -0.1) is 0 Å². The summed E-state index contributed by atoms with van der Waals surface area (Å²) in [5.74, 6) is -2.91. The fraction of sp³-hybridized carbons (Fsp3) is 0.867. The van der Waals surface area contributed by atoms with E-state index in [1.807, 2.05) is 0 Å². The van der Waals surface area contributed by atoms with Crippen molar-refractivity contribution in [3.8, 4) is 0 Å². The lowest BCUT2D eigenvalue weighted by molar-refractivity contribution is -0.273. The molecule has 124 valence electrons. The first-order valence-electron chi connectivity index (χ1n) is 7.57. The van der Waals surface area contributed by atoms with E-state index >= 15 is 0 Å². The van der Waals surface area contributed by atoms with Gasteiger partial charge in [0.1, 0.15) is 0 Å². The Kier molecular flexibility index (Phi) is 3.81. The van der Waals surface area contributed by atoms with Crippen molar-refractivity contribution in [2.24, 2.45) is 11.8 Å². The van der Waals surface area contributed by atoms with Gasteiger partial charge in [-0.3, -0.25) is 4.79 Å². The topological polar surface area (TPSA) is 71.1 Å². The van der Waals surface area contributed by atoms with Crippen molar-refractivity contribution in [2.75, 3.05) is 21.3 Å². The standard InChI is InChI=1S/C15H21BrO6/c1-19-12(18)14-10-8-6-4-5-7-9(10)13(16,11(17)22-14)15(14,20-2)21-3/h9-10H,4-8H2,1-3H3/t9-,10+,13-,14-/m0/s1. The largest absolute Gasteiger partial charge is 0.466 e. The molecule has 1 saturated heterocycles. The van der Waals surface area contributed by atoms with E-state index in [-0.39, 0.29) is 11.8 Å². The Morgan fingerprint density at radius 2 is 1.73 bits per heavy atom. The maximum atomic E-state index is 12.7. The number of hydrogen-bond acceptors (Lipinski definition) is 6. The molecule has 0 amide bonds. The van der Waals surface area contributed by atoms with E-state index in [0.717, 1.165) is 32.1 Å². The fourth-order valence-electron chi connectivity index (χ4n) is 4.84. The van der Waals surface area contributed by atoms with Crippen molar-refractivity contribution in [1.29, 1.82) is 0 Å². The van der Waals surface area contributed by atoms with E-state index < -0.39 is 27.7 Å². The van der Waals surface area contributed by atoms with Crippen LogP contribution in [0.1, 0.15) is 32.1 Å². The smallest absolute Gasteiger partial charge is 0.356 e. The van der Waals surface area contributed by atoms with Crippen LogP contribution >= 0.6 is 15.9 Å². The number of fused-ring (bicyclic) bond motifs is 5. The van der Waals surface area contributed by atoms with Crippen LogP contribution < -0.4 is 0 Å². The van der Waals surface area contributed by atoms with Gasteiger partial charge in [0.05, 0.1) is 7.11 Å². The molecule has 2 saturated carbocycles. The molecule has 7 heteroatoms. The summed E-state index contributed by atoms with van der Waals surface area (Å²) >= 11 is 3.57. The molecule has 1 aliphatic heterocycles. The van der Waals surface area contributed by atoms with Crippen molar-refractivity contribution in [3.63, 3.8) is 0 Å². The molecule has 0 aromatic heterocycles. The van der Waals surface area contributed by atoms with Gasteiger partial charge in [0.15, 0.2) is 4.32 Å². The second-order valence-corrected chi connectivity index (χ2v) is 7.46. The molecule has 0 radical (unpaired) electrons. The first kappa shape index (κ1) is 16.2. The van der Waals surface area contributed by atoms with Gasteiger partial charge < -0.3 is 18.9 Å². The van der Waals surface area contributed by atoms with E-state index in [9.17, 15) is 9.59 Å². The van der Waals surface area contributed by atoms with Crippen molar-refractivity contribution >= 4 is 27.9 Å². The quantitative estimate of drug-likeness (QED) is 0.424. The van der Waals surface area contributed by atoms with Gasteiger partial charge in [-0.05, 0) is 18.8 Å². The Balaban J connectivity index is 2.26. The van der Waals surface area contributed by atoms with Gasteiger partial charge >= 0.3 is 11.9 Å². The fourth-order valence-corrected chi connectivity index (χ4v) is 6.09. The number of methoxy groups -OCH3 is 3. The van der Waals surface area contributed by atoms with Crippen molar-refractivity contribution in [1.82, 2.24) is 0 Å². The van der Waals surface area contributed by atoms with Crippen molar-refractivity contribution < 1.29 is 28.5 Å². The Morgan fingerprint density at radius 1 is 1.14 bits per heavy atom. The second kappa shape index (κ2) is 5.18. The predicted molar refractivity (Wildman–Crippen MR) is 79.3 cm³/mol. The molecule has 22 heavy (non-hydrogen) atoms. The highest BCUT2D eigenvalue weighted by Gasteiger charge is 2.90. The highest BCUT2D eigenvalue weighted by molar-refractivity contribution is 9.10. The third-order valence-electron chi connectivity index (χ3n) is 5.63. The molecule has 3 aliphatic rings. The number of ether oxygens (including phenoxy) is 4. The SMILES string of the molecule is COC(=O)[C@@]12OC(=O)[C@@](Br)([C@H]3CCCCC[C@H]31)C2(OC)OC. The summed E-state index contributed by atoms with van der Waals surface area (Å²) in [6.07, 6.45) is 4.65. The molecule has 6 nitrogen and oxygen atoms in total. The minimum atomic E-state index is -1.55. The van der Waals surface area contributed by atoms with Crippen LogP contribution in [0.4, 0.5) is 0 Å². The molecular formula is C15H21BrO6. The van der Waals surface area contributed by atoms with E-state index in [4.69, 9.17) is 18.9 Å². The number of esters is 2. The maximum absolute atomic E-state index is 12.7. The lowest BCUT2D eigenvalue weighted by Crippen LogP contribution is -2.63. The van der Waals surface area contributed by atoms with Gasteiger partial charge in [-0.25, -0.2) is 4.79 Å². The lowest BCUT2D eigenvalue weighted by atomic mass is 9.79. The molecule has 1 heterocycles. The zero-order valence-electron chi connectivity index (χ0n) is 13.0. The summed E-state index contributed by atoms with van der Waals surface area (Å²) in [7, 11) is 4.16. The van der Waals surface area contributed by atoms with Gasteiger partial charge in [-0.2, -0.15) is 0 Å². The van der Waals surface area contributed by atoms with Gasteiger partial charge in [0.2, 0.25) is 5.79 Å². The van der Waals surface area contributed by atoms with Crippen LogP contribution in [-0.2, 0) is 28.5 Å². The third-order valence-corrected chi connectivity index (χ3v) is 7.07. The Hall–Kier alpha value is -0.660. The Labute approximate surface area is 137 Å². The van der Waals surface area contributed by atoms with Crippen LogP contribution in [0.5, 0.6) is 0 Å². The summed E-state index contributed by atoms with van der Waals surface area (Å²) in [5.41, 5.74) is -1.55. The molecule has 0 aromatic carbocycles. The monoisotopic (exact) mass is 376 g/mol. The first-order valence-corrected chi connectivity index (χ1v) is 8.36. The predicted octanol–water partition coefficient (Wildman–Crippen LogP) is 1.79. The summed E-state index contributed by atoms with van der Waals surface area (Å²) < 4.78 is 20.7. The van der Waals surface area contributed by atoms with E-state index in [2.05, 4.69) is 15.9 Å². The normalized spacial score (nSPS) is 42.5. The van der Waals surface area contributed by atoms with Crippen LogP contribution in [0.15, 0.2) is 0 Å². The van der Waals surface area contributed by atoms with Gasteiger partial charge in [0.25, 0.3) is 5.60 Å². The molecule has 0 N–H and O–H groups in total. The number of hydrogen-bond donors (Lipinski definition) is 0. The second-order valence-electron chi connectivity index (χ2n) is 6.20. The minimum Gasteiger partial charge on any atom is -0.466 e. The molecule has 2 bridgehead atoms. The highest BCUT2D eigenvalue weighted by atomic mass is 79.9. The maximum Gasteiger partial charge on any atom is 0.356 e. The zero-order chi connectivity index (χ0) is 16.2. The molecule has 0 spiro atoms. The van der Waals surface area contributed by atoms with Crippen LogP contribution in [0, 0.1) is 11.8 Å². The van der Waals surface area contributed by atoms with E-state index in [1.54, 1.807) is 0 Å². The summed E-state index contributed by atoms with van der Waals surface area (Å²) in [4.78, 5) is 25.3. The van der Waals surface area contributed by atoms with Crippen LogP contribution in [-0.4, -0.2) is 49.0 Å². The van der Waals surface area contributed by atoms with Gasteiger partial charge in [0, 0.05) is 20.1 Å². The Morgan fingerprint density at radius 3 is 2.27 bits per heavy atom. The summed E-state index contributed by atoms with van der Waals surface area (Å²) in [5, 5.41) is 0. The number of halogens is 1. The Bertz CT molecular complexity index is 504. The van der Waals surface area contributed by atoms with Crippen molar-refractivity contribution in [2.45, 2.75) is 47.8 Å². The van der Waals surface area contributed by atoms with Crippen molar-refractivity contribution in [3.05, 3.63) is 0 Å². The first-order chi connectivity index (χ1) is 10.5. The van der Waals surface area contributed by atoms with Crippen LogP contribution in [0.2, 0.25) is 0 Å². The average Bonchev–Trinajstić information content (AvgIpc) is 2.74. The number of rotatable bonds is 3. The minimum absolute atomic E-state index is 0.0877. The van der Waals surface area contributed by atoms with E-state index in [1.165, 1.54) is 21.3 Å². The molecule has 3 rings (SSSR count).